The monoisotopic (exact) mass is 274 g/mol. The molecule has 0 aliphatic heterocycles. The molecule has 0 bridgehead atoms. The molecule has 0 aromatic carbocycles. The Morgan fingerprint density at radius 2 is 2.11 bits per heavy atom. The highest BCUT2D eigenvalue weighted by atomic mass is 32.2. The number of aryl methyl sites for hydroxylation is 2. The second kappa shape index (κ2) is 6.75. The number of nitrogens with zero attached hydrogens (tertiary/aromatic N) is 2. The van der Waals surface area contributed by atoms with E-state index in [1.54, 1.807) is 17.9 Å². The number of aromatic nitrogens is 2. The topological polar surface area (TPSA) is 76.0 Å². The van der Waals surface area contributed by atoms with Crippen LogP contribution in [0.1, 0.15) is 25.5 Å². The molecule has 0 radical (unpaired) electrons. The van der Waals surface area contributed by atoms with Gasteiger partial charge in [-0.15, -0.1) is 0 Å². The van der Waals surface area contributed by atoms with Crippen LogP contribution in [-0.2, 0) is 23.5 Å². The third kappa shape index (κ3) is 4.66. The van der Waals surface area contributed by atoms with Crippen molar-refractivity contribution in [3.63, 3.8) is 0 Å². The zero-order chi connectivity index (χ0) is 13.6. The van der Waals surface area contributed by atoms with E-state index in [0.717, 1.165) is 18.7 Å². The van der Waals surface area contributed by atoms with Crippen LogP contribution in [0.5, 0.6) is 0 Å². The molecule has 0 spiro atoms. The average molecular weight is 274 g/mol. The molecule has 0 unspecified atom stereocenters. The lowest BCUT2D eigenvalue weighted by molar-refractivity contribution is 0.595. The molecule has 18 heavy (non-hydrogen) atoms. The van der Waals surface area contributed by atoms with Gasteiger partial charge in [-0.1, -0.05) is 6.92 Å². The first kappa shape index (κ1) is 15.0. The molecule has 0 aliphatic rings. The first-order valence-electron chi connectivity index (χ1n) is 6.16. The summed E-state index contributed by atoms with van der Waals surface area (Å²) >= 11 is 0. The van der Waals surface area contributed by atoms with Gasteiger partial charge in [0.2, 0.25) is 10.0 Å². The summed E-state index contributed by atoms with van der Waals surface area (Å²) in [6, 6.07) is 0. The highest BCUT2D eigenvalue weighted by Crippen LogP contribution is 2.15. The Labute approximate surface area is 109 Å². The molecule has 1 aromatic rings. The summed E-state index contributed by atoms with van der Waals surface area (Å²) in [5, 5.41) is 7.20. The van der Waals surface area contributed by atoms with Crippen molar-refractivity contribution in [2.45, 2.75) is 26.2 Å². The molecule has 2 N–H and O–H groups in total. The van der Waals surface area contributed by atoms with E-state index in [1.807, 2.05) is 14.0 Å². The van der Waals surface area contributed by atoms with Crippen LogP contribution in [0.25, 0.3) is 0 Å². The maximum absolute atomic E-state index is 11.9. The van der Waals surface area contributed by atoms with Crippen LogP contribution in [0.2, 0.25) is 0 Å². The molecule has 0 fully saturated rings. The van der Waals surface area contributed by atoms with Crippen molar-refractivity contribution in [2.75, 3.05) is 24.1 Å². The van der Waals surface area contributed by atoms with Crippen LogP contribution < -0.4 is 10.0 Å². The van der Waals surface area contributed by atoms with E-state index in [4.69, 9.17) is 0 Å². The third-order valence-corrected chi connectivity index (χ3v) is 3.95. The predicted molar refractivity (Wildman–Crippen MR) is 73.2 cm³/mol. The van der Waals surface area contributed by atoms with Gasteiger partial charge in [-0.25, -0.2) is 8.42 Å². The second-order valence-electron chi connectivity index (χ2n) is 4.25. The molecule has 104 valence electrons. The predicted octanol–water partition coefficient (Wildman–Crippen LogP) is 0.724. The largest absolute Gasteiger partial charge is 0.320 e. The van der Waals surface area contributed by atoms with Gasteiger partial charge in [0.25, 0.3) is 0 Å². The fourth-order valence-electron chi connectivity index (χ4n) is 1.69. The Bertz CT molecular complexity index is 467. The normalized spacial score (nSPS) is 11.7. The molecule has 0 saturated heterocycles. The average Bonchev–Trinajstić information content (AvgIpc) is 2.64. The first-order chi connectivity index (χ1) is 8.48. The van der Waals surface area contributed by atoms with E-state index >= 15 is 0 Å². The number of nitrogens with one attached hydrogen (secondary N) is 2. The van der Waals surface area contributed by atoms with Crippen molar-refractivity contribution in [1.82, 2.24) is 15.1 Å². The molecule has 0 aliphatic carbocycles. The fourth-order valence-corrected chi connectivity index (χ4v) is 2.89. The number of anilines is 1. The van der Waals surface area contributed by atoms with Gasteiger partial charge in [-0.3, -0.25) is 9.40 Å². The Hall–Kier alpha value is -1.08. The highest BCUT2D eigenvalue weighted by molar-refractivity contribution is 7.92. The maximum Gasteiger partial charge on any atom is 0.232 e. The van der Waals surface area contributed by atoms with Crippen LogP contribution in [-0.4, -0.2) is 37.5 Å². The lowest BCUT2D eigenvalue weighted by Crippen LogP contribution is -2.18. The molecule has 1 aromatic heterocycles. The van der Waals surface area contributed by atoms with Crippen molar-refractivity contribution >= 4 is 15.7 Å². The summed E-state index contributed by atoms with van der Waals surface area (Å²) < 4.78 is 28.0. The minimum Gasteiger partial charge on any atom is -0.320 e. The SMILES string of the molecule is CCc1nn(C)cc1NS(=O)(=O)CCCCNC. The van der Waals surface area contributed by atoms with Gasteiger partial charge in [0, 0.05) is 13.2 Å². The van der Waals surface area contributed by atoms with Gasteiger partial charge < -0.3 is 5.32 Å². The van der Waals surface area contributed by atoms with Gasteiger partial charge in [-0.05, 0) is 32.9 Å². The summed E-state index contributed by atoms with van der Waals surface area (Å²) in [6.45, 7) is 2.79. The number of hydrogen-bond acceptors (Lipinski definition) is 4. The highest BCUT2D eigenvalue weighted by Gasteiger charge is 2.14. The van der Waals surface area contributed by atoms with Gasteiger partial charge >= 0.3 is 0 Å². The summed E-state index contributed by atoms with van der Waals surface area (Å²) in [6.07, 6.45) is 3.91. The summed E-state index contributed by atoms with van der Waals surface area (Å²) in [5.74, 6) is 0.146. The summed E-state index contributed by atoms with van der Waals surface area (Å²) in [4.78, 5) is 0. The van der Waals surface area contributed by atoms with E-state index in [0.29, 0.717) is 18.5 Å². The van der Waals surface area contributed by atoms with Crippen LogP contribution in [0, 0.1) is 0 Å². The van der Waals surface area contributed by atoms with E-state index in [1.165, 1.54) is 0 Å². The van der Waals surface area contributed by atoms with E-state index in [9.17, 15) is 8.42 Å². The molecular weight excluding hydrogens is 252 g/mol. The molecule has 0 amide bonds. The number of rotatable bonds is 8. The van der Waals surface area contributed by atoms with E-state index in [2.05, 4.69) is 15.1 Å². The molecule has 0 saturated carbocycles. The minimum atomic E-state index is -3.27. The number of sulfonamides is 1. The summed E-state index contributed by atoms with van der Waals surface area (Å²) in [7, 11) is 0.373. The fraction of sp³-hybridized carbons (Fsp3) is 0.727. The molecule has 1 heterocycles. The Kier molecular flexibility index (Phi) is 5.61. The lowest BCUT2D eigenvalue weighted by atomic mass is 10.3. The Morgan fingerprint density at radius 1 is 1.39 bits per heavy atom. The zero-order valence-corrected chi connectivity index (χ0v) is 12.0. The van der Waals surface area contributed by atoms with Crippen molar-refractivity contribution < 1.29 is 8.42 Å². The Morgan fingerprint density at radius 3 is 2.72 bits per heavy atom. The van der Waals surface area contributed by atoms with Gasteiger partial charge in [0.1, 0.15) is 0 Å². The van der Waals surface area contributed by atoms with Crippen LogP contribution in [0.15, 0.2) is 6.20 Å². The number of unbranched alkanes of at least 4 members (excludes halogenated alkanes) is 1. The van der Waals surface area contributed by atoms with Crippen LogP contribution in [0.4, 0.5) is 5.69 Å². The smallest absolute Gasteiger partial charge is 0.232 e. The molecule has 7 heteroatoms. The van der Waals surface area contributed by atoms with Gasteiger partial charge in [0.05, 0.1) is 17.1 Å². The third-order valence-electron chi connectivity index (χ3n) is 2.60. The number of hydrogen-bond donors (Lipinski definition) is 2. The summed E-state index contributed by atoms with van der Waals surface area (Å²) in [5.41, 5.74) is 1.37. The van der Waals surface area contributed by atoms with Crippen molar-refractivity contribution in [3.05, 3.63) is 11.9 Å². The molecule has 6 nitrogen and oxygen atoms in total. The maximum atomic E-state index is 11.9. The van der Waals surface area contributed by atoms with Crippen molar-refractivity contribution in [3.8, 4) is 0 Å². The molecular formula is C11H22N4O2S. The quantitative estimate of drug-likeness (QED) is 0.685. The van der Waals surface area contributed by atoms with E-state index in [-0.39, 0.29) is 5.75 Å². The molecule has 0 atom stereocenters. The Balaban J connectivity index is 2.59. The standard InChI is InChI=1S/C11H22N4O2S/c1-4-10-11(9-15(3)13-10)14-18(16,17)8-6-5-7-12-2/h9,12,14H,4-8H2,1-3H3. The zero-order valence-electron chi connectivity index (χ0n) is 11.2. The first-order valence-corrected chi connectivity index (χ1v) is 7.81. The van der Waals surface area contributed by atoms with Gasteiger partial charge in [-0.2, -0.15) is 5.10 Å². The van der Waals surface area contributed by atoms with Crippen LogP contribution in [0.3, 0.4) is 0 Å². The van der Waals surface area contributed by atoms with Crippen molar-refractivity contribution in [2.24, 2.45) is 7.05 Å². The van der Waals surface area contributed by atoms with Crippen LogP contribution >= 0.6 is 0 Å². The second-order valence-corrected chi connectivity index (χ2v) is 6.09. The molecule has 1 rings (SSSR count). The van der Waals surface area contributed by atoms with Gasteiger partial charge in [0.15, 0.2) is 0 Å². The van der Waals surface area contributed by atoms with Crippen molar-refractivity contribution in [1.29, 1.82) is 0 Å². The lowest BCUT2D eigenvalue weighted by Gasteiger charge is -2.07. The minimum absolute atomic E-state index is 0.146. The van der Waals surface area contributed by atoms with E-state index < -0.39 is 10.0 Å².